The number of nitrogens with one attached hydrogen (secondary N) is 1. The first-order valence-electron chi connectivity index (χ1n) is 6.55. The van der Waals surface area contributed by atoms with Gasteiger partial charge in [-0.2, -0.15) is 0 Å². The van der Waals surface area contributed by atoms with Gasteiger partial charge in [-0.15, -0.1) is 0 Å². The molecular formula is C15H21NO3. The second-order valence-electron chi connectivity index (χ2n) is 6.10. The van der Waals surface area contributed by atoms with Crippen LogP contribution in [0.15, 0.2) is 30.3 Å². The van der Waals surface area contributed by atoms with Crippen LogP contribution in [-0.4, -0.2) is 30.0 Å². The van der Waals surface area contributed by atoms with E-state index in [2.05, 4.69) is 38.2 Å². The van der Waals surface area contributed by atoms with Gasteiger partial charge in [0, 0.05) is 5.92 Å². The number of hydrogen-bond donors (Lipinski definition) is 2. The monoisotopic (exact) mass is 263 g/mol. The van der Waals surface area contributed by atoms with Crippen LogP contribution in [0, 0.1) is 5.41 Å². The predicted molar refractivity (Wildman–Crippen MR) is 73.3 cm³/mol. The van der Waals surface area contributed by atoms with Gasteiger partial charge in [0.25, 0.3) is 0 Å². The second-order valence-corrected chi connectivity index (χ2v) is 6.10. The first kappa shape index (κ1) is 13.9. The lowest BCUT2D eigenvalue weighted by molar-refractivity contribution is 0.168. The molecule has 4 heteroatoms. The summed E-state index contributed by atoms with van der Waals surface area (Å²) >= 11 is 0. The van der Waals surface area contributed by atoms with Crippen molar-refractivity contribution in [1.29, 1.82) is 0 Å². The number of epoxide rings is 1. The minimum absolute atomic E-state index is 0.0134. The standard InChI is InChI=1S/C15H21NO3/c1-15(2,3)12(10-7-5-4-6-8-10)13(11-9-19-11)16-14(17)18/h4-8,11-13,16H,9H2,1-3H3,(H,17,18)/t11-,12?,13+/m0/s1. The smallest absolute Gasteiger partial charge is 0.404 e. The van der Waals surface area contributed by atoms with Crippen LogP contribution in [0.25, 0.3) is 0 Å². The molecule has 0 aromatic heterocycles. The third-order valence-electron chi connectivity index (χ3n) is 3.50. The Morgan fingerprint density at radius 2 is 1.95 bits per heavy atom. The Labute approximate surface area is 113 Å². The van der Waals surface area contributed by atoms with Crippen LogP contribution in [-0.2, 0) is 4.74 Å². The fraction of sp³-hybridized carbons (Fsp3) is 0.533. The molecule has 1 saturated heterocycles. The molecule has 0 spiro atoms. The molecule has 2 rings (SSSR count). The van der Waals surface area contributed by atoms with Crippen molar-refractivity contribution in [2.24, 2.45) is 5.41 Å². The Balaban J connectivity index is 2.33. The van der Waals surface area contributed by atoms with Crippen molar-refractivity contribution in [3.63, 3.8) is 0 Å². The third kappa shape index (κ3) is 3.47. The normalized spacial score (nSPS) is 21.5. The van der Waals surface area contributed by atoms with Gasteiger partial charge in [0.05, 0.1) is 12.6 Å². The number of benzene rings is 1. The van der Waals surface area contributed by atoms with Gasteiger partial charge in [0.2, 0.25) is 0 Å². The summed E-state index contributed by atoms with van der Waals surface area (Å²) < 4.78 is 5.34. The summed E-state index contributed by atoms with van der Waals surface area (Å²) in [6.07, 6.45) is -1.01. The fourth-order valence-corrected chi connectivity index (χ4v) is 2.70. The van der Waals surface area contributed by atoms with E-state index >= 15 is 0 Å². The van der Waals surface area contributed by atoms with E-state index < -0.39 is 6.09 Å². The molecule has 2 N–H and O–H groups in total. The predicted octanol–water partition coefficient (Wildman–Crippen LogP) is 2.85. The zero-order valence-corrected chi connectivity index (χ0v) is 11.6. The number of carboxylic acid groups (broad SMARTS) is 1. The molecule has 4 nitrogen and oxygen atoms in total. The molecule has 104 valence electrons. The van der Waals surface area contributed by atoms with Crippen molar-refractivity contribution >= 4 is 6.09 Å². The highest BCUT2D eigenvalue weighted by atomic mass is 16.6. The van der Waals surface area contributed by atoms with Crippen molar-refractivity contribution in [1.82, 2.24) is 5.32 Å². The molecule has 1 aliphatic heterocycles. The molecule has 1 heterocycles. The number of ether oxygens (including phenoxy) is 1. The number of carbonyl (C=O) groups is 1. The number of amides is 1. The highest BCUT2D eigenvalue weighted by molar-refractivity contribution is 5.65. The van der Waals surface area contributed by atoms with E-state index in [1.54, 1.807) is 0 Å². The molecule has 0 radical (unpaired) electrons. The topological polar surface area (TPSA) is 61.9 Å². The molecule has 0 aliphatic carbocycles. The van der Waals surface area contributed by atoms with Crippen molar-refractivity contribution in [2.45, 2.75) is 38.8 Å². The van der Waals surface area contributed by atoms with Crippen LogP contribution in [0.4, 0.5) is 4.79 Å². The molecule has 1 aliphatic rings. The van der Waals surface area contributed by atoms with Gasteiger partial charge < -0.3 is 15.2 Å². The maximum Gasteiger partial charge on any atom is 0.404 e. The van der Waals surface area contributed by atoms with Gasteiger partial charge in [-0.05, 0) is 11.0 Å². The van der Waals surface area contributed by atoms with Crippen LogP contribution in [0.3, 0.4) is 0 Å². The molecule has 1 unspecified atom stereocenters. The second kappa shape index (κ2) is 5.21. The maximum absolute atomic E-state index is 11.0. The van der Waals surface area contributed by atoms with Gasteiger partial charge in [0.15, 0.2) is 0 Å². The maximum atomic E-state index is 11.0. The van der Waals surface area contributed by atoms with Crippen LogP contribution in [0.5, 0.6) is 0 Å². The molecule has 1 fully saturated rings. The van der Waals surface area contributed by atoms with E-state index in [0.29, 0.717) is 6.61 Å². The van der Waals surface area contributed by atoms with E-state index in [4.69, 9.17) is 9.84 Å². The van der Waals surface area contributed by atoms with E-state index in [9.17, 15) is 4.79 Å². The largest absolute Gasteiger partial charge is 0.465 e. The quantitative estimate of drug-likeness (QED) is 0.821. The summed E-state index contributed by atoms with van der Waals surface area (Å²) in [5.41, 5.74) is 1.09. The Bertz CT molecular complexity index is 434. The first-order chi connectivity index (χ1) is 8.89. The lowest BCUT2D eigenvalue weighted by Gasteiger charge is -2.37. The van der Waals surface area contributed by atoms with Crippen molar-refractivity contribution in [2.75, 3.05) is 6.61 Å². The number of rotatable bonds is 4. The molecule has 3 atom stereocenters. The third-order valence-corrected chi connectivity index (χ3v) is 3.50. The Kier molecular flexibility index (Phi) is 3.80. The van der Waals surface area contributed by atoms with E-state index in [1.165, 1.54) is 0 Å². The fourth-order valence-electron chi connectivity index (χ4n) is 2.70. The van der Waals surface area contributed by atoms with Crippen molar-refractivity contribution in [3.05, 3.63) is 35.9 Å². The average molecular weight is 263 g/mol. The molecule has 1 aromatic carbocycles. The Hall–Kier alpha value is -1.55. The van der Waals surface area contributed by atoms with Crippen LogP contribution in [0.1, 0.15) is 32.3 Å². The van der Waals surface area contributed by atoms with Crippen LogP contribution >= 0.6 is 0 Å². The summed E-state index contributed by atoms with van der Waals surface area (Å²) in [7, 11) is 0. The van der Waals surface area contributed by atoms with Crippen molar-refractivity contribution < 1.29 is 14.6 Å². The average Bonchev–Trinajstić information content (AvgIpc) is 3.10. The zero-order valence-electron chi connectivity index (χ0n) is 11.6. The molecule has 1 aromatic rings. The lowest BCUT2D eigenvalue weighted by atomic mass is 9.71. The molecule has 0 saturated carbocycles. The van der Waals surface area contributed by atoms with E-state index in [0.717, 1.165) is 5.56 Å². The molecular weight excluding hydrogens is 242 g/mol. The van der Waals surface area contributed by atoms with Gasteiger partial charge >= 0.3 is 6.09 Å². The zero-order chi connectivity index (χ0) is 14.0. The molecule has 19 heavy (non-hydrogen) atoms. The molecule has 0 bridgehead atoms. The van der Waals surface area contributed by atoms with Gasteiger partial charge in [-0.25, -0.2) is 4.79 Å². The minimum atomic E-state index is -0.995. The highest BCUT2D eigenvalue weighted by Crippen LogP contribution is 2.41. The summed E-state index contributed by atoms with van der Waals surface area (Å²) in [5.74, 6) is 0.0808. The SMILES string of the molecule is CC(C)(C)C(c1ccccc1)[C@H](NC(=O)O)[C@@H]1CO1. The summed E-state index contributed by atoms with van der Waals surface area (Å²) in [5, 5.41) is 11.7. The van der Waals surface area contributed by atoms with Gasteiger partial charge in [-0.1, -0.05) is 51.1 Å². The van der Waals surface area contributed by atoms with E-state index in [1.807, 2.05) is 18.2 Å². The van der Waals surface area contributed by atoms with E-state index in [-0.39, 0.29) is 23.5 Å². The summed E-state index contributed by atoms with van der Waals surface area (Å²) in [4.78, 5) is 11.0. The first-order valence-corrected chi connectivity index (χ1v) is 6.55. The molecule has 1 amide bonds. The van der Waals surface area contributed by atoms with Crippen molar-refractivity contribution in [3.8, 4) is 0 Å². The van der Waals surface area contributed by atoms with Gasteiger partial charge in [0.1, 0.15) is 6.10 Å². The minimum Gasteiger partial charge on any atom is -0.465 e. The lowest BCUT2D eigenvalue weighted by Crippen LogP contribution is -2.46. The highest BCUT2D eigenvalue weighted by Gasteiger charge is 2.44. The summed E-state index contributed by atoms with van der Waals surface area (Å²) in [6, 6.07) is 9.83. The Morgan fingerprint density at radius 1 is 1.37 bits per heavy atom. The number of hydrogen-bond acceptors (Lipinski definition) is 2. The summed E-state index contributed by atoms with van der Waals surface area (Å²) in [6.45, 7) is 7.01. The van der Waals surface area contributed by atoms with Crippen LogP contribution in [0.2, 0.25) is 0 Å². The Morgan fingerprint density at radius 3 is 2.37 bits per heavy atom. The van der Waals surface area contributed by atoms with Gasteiger partial charge in [-0.3, -0.25) is 0 Å². The van der Waals surface area contributed by atoms with Crippen LogP contribution < -0.4 is 5.32 Å².